The molecular formula is C16H19F3N2. The van der Waals surface area contributed by atoms with Crippen molar-refractivity contribution < 1.29 is 13.2 Å². The molecule has 1 aromatic carbocycles. The minimum absolute atomic E-state index is 0.234. The summed E-state index contributed by atoms with van der Waals surface area (Å²) in [6, 6.07) is 4.33. The number of halogens is 3. The maximum absolute atomic E-state index is 12.2. The van der Waals surface area contributed by atoms with Crippen molar-refractivity contribution >= 4 is 10.9 Å². The maximum Gasteiger partial charge on any atom is 0.401 e. The largest absolute Gasteiger partial charge is 0.401 e. The van der Waals surface area contributed by atoms with Crippen LogP contribution in [0.15, 0.2) is 18.3 Å². The fourth-order valence-corrected chi connectivity index (χ4v) is 3.08. The number of hydrogen-bond acceptors (Lipinski definition) is 1. The van der Waals surface area contributed by atoms with Crippen LogP contribution in [0.2, 0.25) is 0 Å². The van der Waals surface area contributed by atoms with E-state index in [4.69, 9.17) is 0 Å². The lowest BCUT2D eigenvalue weighted by Crippen LogP contribution is -2.28. The number of aromatic amines is 1. The Bertz CT molecular complexity index is 628. The number of aromatic nitrogens is 1. The summed E-state index contributed by atoms with van der Waals surface area (Å²) in [5.74, 6) is 0. The Morgan fingerprint density at radius 1 is 1.05 bits per heavy atom. The van der Waals surface area contributed by atoms with E-state index in [9.17, 15) is 13.2 Å². The molecule has 1 heterocycles. The first kappa shape index (κ1) is 14.4. The third kappa shape index (κ3) is 3.40. The topological polar surface area (TPSA) is 27.8 Å². The molecule has 0 bridgehead atoms. The normalized spacial score (nSPS) is 16.0. The third-order valence-electron chi connectivity index (χ3n) is 4.12. The Hall–Kier alpha value is -1.49. The van der Waals surface area contributed by atoms with Crippen LogP contribution in [0.25, 0.3) is 10.9 Å². The predicted octanol–water partition coefficient (Wildman–Crippen LogP) is 4.09. The molecule has 0 atom stereocenters. The summed E-state index contributed by atoms with van der Waals surface area (Å²) in [5.41, 5.74) is 4.68. The van der Waals surface area contributed by atoms with Crippen LogP contribution in [0.3, 0.4) is 0 Å². The smallest absolute Gasteiger partial charge is 0.361 e. The molecule has 0 aliphatic heterocycles. The monoisotopic (exact) mass is 296 g/mol. The number of alkyl halides is 3. The van der Waals surface area contributed by atoms with Gasteiger partial charge in [0.05, 0.1) is 6.54 Å². The third-order valence-corrected chi connectivity index (χ3v) is 4.12. The average Bonchev–Trinajstić information content (AvgIpc) is 2.65. The number of benzene rings is 1. The highest BCUT2D eigenvalue weighted by Gasteiger charge is 2.26. The molecule has 1 aliphatic rings. The minimum Gasteiger partial charge on any atom is -0.361 e. The Morgan fingerprint density at radius 2 is 1.76 bits per heavy atom. The van der Waals surface area contributed by atoms with Crippen molar-refractivity contribution in [2.24, 2.45) is 0 Å². The van der Waals surface area contributed by atoms with Crippen molar-refractivity contribution in [2.75, 3.05) is 6.54 Å². The quantitative estimate of drug-likeness (QED) is 0.820. The summed E-state index contributed by atoms with van der Waals surface area (Å²) in [4.78, 5) is 3.19. The molecule has 0 amide bonds. The predicted molar refractivity (Wildman–Crippen MR) is 77.3 cm³/mol. The van der Waals surface area contributed by atoms with Crippen molar-refractivity contribution in [2.45, 2.75) is 44.8 Å². The number of hydrogen-bond donors (Lipinski definition) is 2. The number of H-pyrrole nitrogens is 1. The highest BCUT2D eigenvalue weighted by Crippen LogP contribution is 2.27. The number of aryl methyl sites for hydroxylation is 2. The van der Waals surface area contributed by atoms with E-state index in [1.807, 2.05) is 6.20 Å². The van der Waals surface area contributed by atoms with Crippen molar-refractivity contribution in [1.29, 1.82) is 0 Å². The van der Waals surface area contributed by atoms with Gasteiger partial charge in [0.15, 0.2) is 0 Å². The molecule has 0 saturated heterocycles. The summed E-state index contributed by atoms with van der Waals surface area (Å²) >= 11 is 0. The fourth-order valence-electron chi connectivity index (χ4n) is 3.08. The Balaban J connectivity index is 1.82. The van der Waals surface area contributed by atoms with Crippen LogP contribution in [-0.2, 0) is 19.4 Å². The summed E-state index contributed by atoms with van der Waals surface area (Å²) in [6.07, 6.45) is 3.50. The van der Waals surface area contributed by atoms with E-state index in [2.05, 4.69) is 22.4 Å². The van der Waals surface area contributed by atoms with E-state index in [-0.39, 0.29) is 6.54 Å². The van der Waals surface area contributed by atoms with Crippen LogP contribution in [0.5, 0.6) is 0 Å². The average molecular weight is 296 g/mol. The van der Waals surface area contributed by atoms with Gasteiger partial charge in [0, 0.05) is 23.6 Å². The van der Waals surface area contributed by atoms with E-state index >= 15 is 0 Å². The molecule has 0 fully saturated rings. The summed E-state index contributed by atoms with van der Waals surface area (Å²) in [7, 11) is 0. The summed E-state index contributed by atoms with van der Waals surface area (Å²) < 4.78 is 36.6. The van der Waals surface area contributed by atoms with E-state index in [0.717, 1.165) is 29.3 Å². The van der Waals surface area contributed by atoms with Crippen LogP contribution < -0.4 is 5.32 Å². The molecule has 2 nitrogen and oxygen atoms in total. The molecule has 2 N–H and O–H groups in total. The lowest BCUT2D eigenvalue weighted by molar-refractivity contribution is -0.125. The zero-order valence-corrected chi connectivity index (χ0v) is 11.8. The van der Waals surface area contributed by atoms with Gasteiger partial charge in [-0.1, -0.05) is 6.42 Å². The van der Waals surface area contributed by atoms with E-state index in [0.29, 0.717) is 0 Å². The van der Waals surface area contributed by atoms with Gasteiger partial charge in [0.25, 0.3) is 0 Å². The highest BCUT2D eigenvalue weighted by molar-refractivity contribution is 5.84. The van der Waals surface area contributed by atoms with Gasteiger partial charge in [-0.2, -0.15) is 13.2 Å². The van der Waals surface area contributed by atoms with Gasteiger partial charge in [0.1, 0.15) is 0 Å². The summed E-state index contributed by atoms with van der Waals surface area (Å²) in [6.45, 7) is -0.719. The first-order chi connectivity index (χ1) is 10.0. The van der Waals surface area contributed by atoms with Crippen LogP contribution >= 0.6 is 0 Å². The second kappa shape index (κ2) is 5.72. The van der Waals surface area contributed by atoms with Crippen LogP contribution in [0.1, 0.15) is 36.0 Å². The Labute approximate surface area is 121 Å². The maximum atomic E-state index is 12.2. The second-order valence-electron chi connectivity index (χ2n) is 5.76. The Morgan fingerprint density at radius 3 is 2.48 bits per heavy atom. The van der Waals surface area contributed by atoms with Crippen molar-refractivity contribution in [3.63, 3.8) is 0 Å². The van der Waals surface area contributed by atoms with Crippen LogP contribution in [0, 0.1) is 0 Å². The molecule has 1 aliphatic carbocycles. The van der Waals surface area contributed by atoms with Crippen molar-refractivity contribution in [3.05, 3.63) is 35.0 Å². The lowest BCUT2D eigenvalue weighted by Gasteiger charge is -2.09. The zero-order valence-electron chi connectivity index (χ0n) is 11.8. The van der Waals surface area contributed by atoms with Gasteiger partial charge in [-0.05, 0) is 54.5 Å². The molecule has 2 aromatic rings. The van der Waals surface area contributed by atoms with Gasteiger partial charge in [-0.15, -0.1) is 0 Å². The SMILES string of the molecule is FC(F)(F)CNCc1c[nH]c2cc3c(cc12)CCCCC3. The van der Waals surface area contributed by atoms with Gasteiger partial charge in [-0.25, -0.2) is 0 Å². The Kier molecular flexibility index (Phi) is 3.93. The van der Waals surface area contributed by atoms with E-state index < -0.39 is 12.7 Å². The van der Waals surface area contributed by atoms with Crippen molar-refractivity contribution in [3.8, 4) is 0 Å². The summed E-state index contributed by atoms with van der Waals surface area (Å²) in [5, 5.41) is 3.51. The first-order valence-electron chi connectivity index (χ1n) is 7.42. The molecule has 5 heteroatoms. The molecule has 114 valence electrons. The van der Waals surface area contributed by atoms with E-state index in [1.165, 1.54) is 30.4 Å². The molecule has 0 unspecified atom stereocenters. The molecule has 3 rings (SSSR count). The molecule has 0 spiro atoms. The molecule has 0 saturated carbocycles. The molecule has 0 radical (unpaired) electrons. The molecule has 1 aromatic heterocycles. The van der Waals surface area contributed by atoms with Gasteiger partial charge >= 0.3 is 6.18 Å². The first-order valence-corrected chi connectivity index (χ1v) is 7.42. The molecule has 21 heavy (non-hydrogen) atoms. The van der Waals surface area contributed by atoms with Gasteiger partial charge < -0.3 is 10.3 Å². The highest BCUT2D eigenvalue weighted by atomic mass is 19.4. The van der Waals surface area contributed by atoms with E-state index in [1.54, 1.807) is 0 Å². The molecular weight excluding hydrogens is 277 g/mol. The standard InChI is InChI=1S/C16H19F3N2/c17-16(18,19)10-20-8-13-9-21-15-7-12-5-3-1-2-4-11(12)6-14(13)15/h6-7,9,20-21H,1-5,8,10H2. The fraction of sp³-hybridized carbons (Fsp3) is 0.500. The van der Waals surface area contributed by atoms with Crippen LogP contribution in [-0.4, -0.2) is 17.7 Å². The van der Waals surface area contributed by atoms with Gasteiger partial charge in [-0.3, -0.25) is 0 Å². The minimum atomic E-state index is -4.16. The number of rotatable bonds is 3. The van der Waals surface area contributed by atoms with Crippen LogP contribution in [0.4, 0.5) is 13.2 Å². The number of nitrogens with one attached hydrogen (secondary N) is 2. The second-order valence-corrected chi connectivity index (χ2v) is 5.76. The van der Waals surface area contributed by atoms with Gasteiger partial charge in [0.2, 0.25) is 0 Å². The zero-order chi connectivity index (χ0) is 14.9. The van der Waals surface area contributed by atoms with Crippen molar-refractivity contribution in [1.82, 2.24) is 10.3 Å². The number of fused-ring (bicyclic) bond motifs is 2. The lowest BCUT2D eigenvalue weighted by atomic mass is 9.99.